The summed E-state index contributed by atoms with van der Waals surface area (Å²) >= 11 is 11.5. The average molecular weight is 240 g/mol. The molecule has 0 aliphatic heterocycles. The van der Waals surface area contributed by atoms with Crippen molar-refractivity contribution in [1.29, 1.82) is 0 Å². The van der Waals surface area contributed by atoms with Crippen molar-refractivity contribution in [2.24, 2.45) is 0 Å². The maximum absolute atomic E-state index is 5.94. The molecule has 0 fully saturated rings. The van der Waals surface area contributed by atoms with Gasteiger partial charge in [-0.3, -0.25) is 0 Å². The van der Waals surface area contributed by atoms with Gasteiger partial charge in [0, 0.05) is 21.8 Å². The van der Waals surface area contributed by atoms with Crippen LogP contribution in [0, 0.1) is 6.92 Å². The van der Waals surface area contributed by atoms with Crippen molar-refractivity contribution >= 4 is 34.1 Å². The van der Waals surface area contributed by atoms with Crippen molar-refractivity contribution in [3.8, 4) is 0 Å². The van der Waals surface area contributed by atoms with E-state index in [0.29, 0.717) is 11.6 Å². The Kier molecular flexibility index (Phi) is 3.03. The van der Waals surface area contributed by atoms with Crippen molar-refractivity contribution in [3.63, 3.8) is 0 Å². The molecule has 0 radical (unpaired) electrons. The lowest BCUT2D eigenvalue weighted by atomic mass is 10.2. The second kappa shape index (κ2) is 4.30. The Balaban J connectivity index is 2.54. The van der Waals surface area contributed by atoms with Crippen LogP contribution in [-0.2, 0) is 6.54 Å². The van der Waals surface area contributed by atoms with E-state index in [2.05, 4.69) is 29.7 Å². The molecule has 0 aliphatic rings. The van der Waals surface area contributed by atoms with E-state index < -0.39 is 0 Å². The summed E-state index contributed by atoms with van der Waals surface area (Å²) in [5.41, 5.74) is 3.79. The predicted octanol–water partition coefficient (Wildman–Crippen LogP) is 4.27. The van der Waals surface area contributed by atoms with Crippen LogP contribution in [0.4, 0.5) is 0 Å². The third kappa shape index (κ3) is 2.04. The number of aryl methyl sites for hydroxylation is 1. The van der Waals surface area contributed by atoms with Crippen molar-refractivity contribution in [2.45, 2.75) is 13.5 Å². The van der Waals surface area contributed by atoms with Gasteiger partial charge in [0.15, 0.2) is 0 Å². The Morgan fingerprint density at radius 1 is 1.40 bits per heavy atom. The molecule has 0 aliphatic carbocycles. The van der Waals surface area contributed by atoms with Crippen LogP contribution in [-0.4, -0.2) is 4.57 Å². The van der Waals surface area contributed by atoms with Crippen LogP contribution in [0.15, 0.2) is 40.9 Å². The monoisotopic (exact) mass is 239 g/mol. The number of benzene rings is 1. The standard InChI is InChI=1S/C12H11Cl2N/c1-9-6-10-4-2-3-5-12(10)15(9)8-11(14)7-13/h2-7H,8H2,1H3. The number of nitrogens with zero attached hydrogens (tertiary/aromatic N) is 1. The Bertz CT molecular complexity index is 511. The number of para-hydroxylation sites is 1. The fourth-order valence-electron chi connectivity index (χ4n) is 1.74. The molecule has 1 nitrogen and oxygen atoms in total. The summed E-state index contributed by atoms with van der Waals surface area (Å²) in [6.45, 7) is 2.70. The van der Waals surface area contributed by atoms with Crippen LogP contribution in [0.25, 0.3) is 10.9 Å². The third-order valence-corrected chi connectivity index (χ3v) is 3.05. The molecule has 1 heterocycles. The molecular weight excluding hydrogens is 229 g/mol. The van der Waals surface area contributed by atoms with Gasteiger partial charge in [-0.2, -0.15) is 0 Å². The molecule has 1 aromatic heterocycles. The SMILES string of the molecule is Cc1cc2ccccc2n1CC(Cl)=CCl. The topological polar surface area (TPSA) is 4.93 Å². The predicted molar refractivity (Wildman–Crippen MR) is 66.5 cm³/mol. The van der Waals surface area contributed by atoms with E-state index in [1.165, 1.54) is 22.1 Å². The molecule has 15 heavy (non-hydrogen) atoms. The maximum atomic E-state index is 5.94. The molecule has 0 saturated carbocycles. The number of aromatic nitrogens is 1. The summed E-state index contributed by atoms with van der Waals surface area (Å²) < 4.78 is 2.15. The van der Waals surface area contributed by atoms with Crippen molar-refractivity contribution in [3.05, 3.63) is 46.6 Å². The first-order chi connectivity index (χ1) is 7.22. The Hall–Kier alpha value is -0.920. The van der Waals surface area contributed by atoms with E-state index in [0.717, 1.165) is 0 Å². The largest absolute Gasteiger partial charge is 0.340 e. The second-order valence-electron chi connectivity index (χ2n) is 3.49. The zero-order valence-corrected chi connectivity index (χ0v) is 9.89. The van der Waals surface area contributed by atoms with E-state index in [1.807, 2.05) is 12.1 Å². The van der Waals surface area contributed by atoms with Crippen LogP contribution in [0.1, 0.15) is 5.69 Å². The highest BCUT2D eigenvalue weighted by Crippen LogP contribution is 2.21. The van der Waals surface area contributed by atoms with Crippen LogP contribution >= 0.6 is 23.2 Å². The lowest BCUT2D eigenvalue weighted by Crippen LogP contribution is -1.99. The van der Waals surface area contributed by atoms with Crippen LogP contribution < -0.4 is 0 Å². The zero-order valence-electron chi connectivity index (χ0n) is 8.37. The molecule has 0 atom stereocenters. The van der Waals surface area contributed by atoms with Gasteiger partial charge in [0.25, 0.3) is 0 Å². The van der Waals surface area contributed by atoms with Gasteiger partial charge in [-0.15, -0.1) is 0 Å². The van der Waals surface area contributed by atoms with E-state index in [1.54, 1.807) is 0 Å². The van der Waals surface area contributed by atoms with Gasteiger partial charge in [0.05, 0.1) is 6.54 Å². The van der Waals surface area contributed by atoms with Gasteiger partial charge >= 0.3 is 0 Å². The number of hydrogen-bond acceptors (Lipinski definition) is 0. The normalized spacial score (nSPS) is 12.3. The zero-order chi connectivity index (χ0) is 10.8. The molecule has 0 saturated heterocycles. The van der Waals surface area contributed by atoms with Gasteiger partial charge in [-0.05, 0) is 24.4 Å². The second-order valence-corrected chi connectivity index (χ2v) is 4.19. The molecule has 0 amide bonds. The Morgan fingerprint density at radius 3 is 2.87 bits per heavy atom. The molecule has 0 bridgehead atoms. The van der Waals surface area contributed by atoms with E-state index in [9.17, 15) is 0 Å². The average Bonchev–Trinajstić information content (AvgIpc) is 2.55. The highest BCUT2D eigenvalue weighted by atomic mass is 35.5. The number of rotatable bonds is 2. The molecule has 78 valence electrons. The maximum Gasteiger partial charge on any atom is 0.0594 e. The minimum absolute atomic E-state index is 0.629. The van der Waals surface area contributed by atoms with Gasteiger partial charge < -0.3 is 4.57 Å². The van der Waals surface area contributed by atoms with Gasteiger partial charge in [0.1, 0.15) is 0 Å². The Labute approximate surface area is 98.9 Å². The molecule has 2 aromatic rings. The highest BCUT2D eigenvalue weighted by molar-refractivity contribution is 6.36. The first-order valence-electron chi connectivity index (χ1n) is 4.72. The third-order valence-electron chi connectivity index (χ3n) is 2.45. The smallest absolute Gasteiger partial charge is 0.0594 e. The lowest BCUT2D eigenvalue weighted by molar-refractivity contribution is 0.818. The van der Waals surface area contributed by atoms with Crippen LogP contribution in [0.5, 0.6) is 0 Å². The fraction of sp³-hybridized carbons (Fsp3) is 0.167. The molecular formula is C12H11Cl2N. The van der Waals surface area contributed by atoms with Gasteiger partial charge in [-0.25, -0.2) is 0 Å². The number of allylic oxidation sites excluding steroid dienone is 1. The molecule has 0 unspecified atom stereocenters. The van der Waals surface area contributed by atoms with Crippen LogP contribution in [0.3, 0.4) is 0 Å². The number of hydrogen-bond donors (Lipinski definition) is 0. The van der Waals surface area contributed by atoms with E-state index in [-0.39, 0.29) is 0 Å². The van der Waals surface area contributed by atoms with Gasteiger partial charge in [-0.1, -0.05) is 41.4 Å². The summed E-state index contributed by atoms with van der Waals surface area (Å²) in [5, 5.41) is 1.87. The lowest BCUT2D eigenvalue weighted by Gasteiger charge is -2.06. The summed E-state index contributed by atoms with van der Waals surface area (Å²) in [6, 6.07) is 10.4. The summed E-state index contributed by atoms with van der Waals surface area (Å²) in [5.74, 6) is 0. The molecule has 2 rings (SSSR count). The quantitative estimate of drug-likeness (QED) is 0.738. The fourth-order valence-corrected chi connectivity index (χ4v) is 1.93. The van der Waals surface area contributed by atoms with Crippen molar-refractivity contribution in [1.82, 2.24) is 4.57 Å². The summed E-state index contributed by atoms with van der Waals surface area (Å²) in [4.78, 5) is 0. The first-order valence-corrected chi connectivity index (χ1v) is 5.53. The van der Waals surface area contributed by atoms with Gasteiger partial charge in [0.2, 0.25) is 0 Å². The molecule has 3 heteroatoms. The number of halogens is 2. The Morgan fingerprint density at radius 2 is 2.13 bits per heavy atom. The minimum atomic E-state index is 0.629. The first kappa shape index (κ1) is 10.6. The van der Waals surface area contributed by atoms with Crippen molar-refractivity contribution < 1.29 is 0 Å². The summed E-state index contributed by atoms with van der Waals surface area (Å²) in [7, 11) is 0. The number of fused-ring (bicyclic) bond motifs is 1. The van der Waals surface area contributed by atoms with E-state index in [4.69, 9.17) is 23.2 Å². The molecule has 0 N–H and O–H groups in total. The van der Waals surface area contributed by atoms with E-state index >= 15 is 0 Å². The van der Waals surface area contributed by atoms with Crippen LogP contribution in [0.2, 0.25) is 0 Å². The minimum Gasteiger partial charge on any atom is -0.340 e. The molecule has 1 aromatic carbocycles. The molecule has 0 spiro atoms. The summed E-state index contributed by atoms with van der Waals surface area (Å²) in [6.07, 6.45) is 0. The highest BCUT2D eigenvalue weighted by Gasteiger charge is 2.05. The van der Waals surface area contributed by atoms with Crippen molar-refractivity contribution in [2.75, 3.05) is 0 Å².